The molecule has 1 aliphatic rings. The Kier molecular flexibility index (Phi) is 6.31. The van der Waals surface area contributed by atoms with Gasteiger partial charge in [-0.2, -0.15) is 0 Å². The molecule has 1 aliphatic heterocycles. The van der Waals surface area contributed by atoms with Crippen LogP contribution in [0.15, 0.2) is 53.5 Å². The first-order valence-corrected chi connectivity index (χ1v) is 9.58. The molecule has 1 amide bonds. The third kappa shape index (κ3) is 5.33. The molecule has 2 aromatic carbocycles. The summed E-state index contributed by atoms with van der Waals surface area (Å²) >= 11 is 0. The van der Waals surface area contributed by atoms with Crippen molar-refractivity contribution in [2.45, 2.75) is 39.5 Å². The maximum atomic E-state index is 12.7. The summed E-state index contributed by atoms with van der Waals surface area (Å²) in [4.78, 5) is 18.9. The summed E-state index contributed by atoms with van der Waals surface area (Å²) in [5.41, 5.74) is 9.73. The van der Waals surface area contributed by atoms with E-state index >= 15 is 0 Å². The zero-order valence-electron chi connectivity index (χ0n) is 16.7. The molecule has 3 rings (SSSR count). The SMILES string of the molecule is Cc1ccc(NC(N)=NCc2ccc(C(=O)N3CC(C)OC(C)C3)cc2)cc1. The number of guanidine groups is 1. The van der Waals surface area contributed by atoms with E-state index in [1.165, 1.54) is 5.56 Å². The molecule has 28 heavy (non-hydrogen) atoms. The van der Waals surface area contributed by atoms with Crippen LogP contribution < -0.4 is 11.1 Å². The Hall–Kier alpha value is -2.86. The lowest BCUT2D eigenvalue weighted by molar-refractivity contribution is -0.0586. The van der Waals surface area contributed by atoms with Crippen molar-refractivity contribution in [3.05, 3.63) is 65.2 Å². The van der Waals surface area contributed by atoms with Gasteiger partial charge >= 0.3 is 0 Å². The van der Waals surface area contributed by atoms with Crippen LogP contribution in [0.25, 0.3) is 0 Å². The largest absolute Gasteiger partial charge is 0.372 e. The first kappa shape index (κ1) is 19.9. The van der Waals surface area contributed by atoms with Crippen molar-refractivity contribution in [3.8, 4) is 0 Å². The van der Waals surface area contributed by atoms with E-state index in [1.54, 1.807) is 0 Å². The predicted molar refractivity (Wildman–Crippen MR) is 112 cm³/mol. The number of hydrogen-bond acceptors (Lipinski definition) is 3. The van der Waals surface area contributed by atoms with Gasteiger partial charge in [-0.15, -0.1) is 0 Å². The van der Waals surface area contributed by atoms with Crippen LogP contribution in [0.4, 0.5) is 5.69 Å². The van der Waals surface area contributed by atoms with Crippen molar-refractivity contribution in [3.63, 3.8) is 0 Å². The molecular weight excluding hydrogens is 352 g/mol. The highest BCUT2D eigenvalue weighted by molar-refractivity contribution is 5.94. The second-order valence-corrected chi connectivity index (χ2v) is 7.36. The average molecular weight is 380 g/mol. The van der Waals surface area contributed by atoms with E-state index in [0.29, 0.717) is 31.2 Å². The van der Waals surface area contributed by atoms with Gasteiger partial charge in [0.05, 0.1) is 18.8 Å². The molecule has 2 unspecified atom stereocenters. The molecule has 3 N–H and O–H groups in total. The van der Waals surface area contributed by atoms with E-state index in [-0.39, 0.29) is 18.1 Å². The molecular formula is C22H28N4O2. The number of aryl methyl sites for hydroxylation is 1. The van der Waals surface area contributed by atoms with Crippen molar-refractivity contribution in [2.75, 3.05) is 18.4 Å². The standard InChI is InChI=1S/C22H28N4O2/c1-15-4-10-20(11-5-15)25-22(23)24-12-18-6-8-19(9-7-18)21(27)26-13-16(2)28-17(3)14-26/h4-11,16-17H,12-14H2,1-3H3,(H3,23,24,25). The second kappa shape index (κ2) is 8.89. The van der Waals surface area contributed by atoms with Gasteiger partial charge in [0.2, 0.25) is 0 Å². The number of carbonyl (C=O) groups is 1. The van der Waals surface area contributed by atoms with Gasteiger partial charge in [0.1, 0.15) is 0 Å². The Labute approximate surface area is 166 Å². The summed E-state index contributed by atoms with van der Waals surface area (Å²) in [5, 5.41) is 3.08. The minimum Gasteiger partial charge on any atom is -0.372 e. The predicted octanol–water partition coefficient (Wildman–Crippen LogP) is 3.17. The lowest BCUT2D eigenvalue weighted by Crippen LogP contribution is -2.48. The van der Waals surface area contributed by atoms with E-state index in [0.717, 1.165) is 11.3 Å². The van der Waals surface area contributed by atoms with Crippen LogP contribution in [0, 0.1) is 6.92 Å². The number of nitrogens with one attached hydrogen (secondary N) is 1. The Morgan fingerprint density at radius 3 is 2.32 bits per heavy atom. The lowest BCUT2D eigenvalue weighted by atomic mass is 10.1. The average Bonchev–Trinajstić information content (AvgIpc) is 2.67. The van der Waals surface area contributed by atoms with E-state index < -0.39 is 0 Å². The third-order valence-electron chi connectivity index (χ3n) is 4.66. The van der Waals surface area contributed by atoms with Crippen LogP contribution in [0.5, 0.6) is 0 Å². The first-order valence-electron chi connectivity index (χ1n) is 9.58. The highest BCUT2D eigenvalue weighted by atomic mass is 16.5. The summed E-state index contributed by atoms with van der Waals surface area (Å²) in [6.07, 6.45) is 0.121. The molecule has 0 aromatic heterocycles. The molecule has 1 saturated heterocycles. The van der Waals surface area contributed by atoms with Gasteiger partial charge < -0.3 is 20.7 Å². The van der Waals surface area contributed by atoms with E-state index in [9.17, 15) is 4.79 Å². The number of aliphatic imine (C=N–C) groups is 1. The molecule has 0 bridgehead atoms. The zero-order chi connectivity index (χ0) is 20.1. The first-order chi connectivity index (χ1) is 13.4. The summed E-state index contributed by atoms with van der Waals surface area (Å²) in [5.74, 6) is 0.401. The fourth-order valence-corrected chi connectivity index (χ4v) is 3.28. The number of ether oxygens (including phenoxy) is 1. The van der Waals surface area contributed by atoms with Crippen molar-refractivity contribution >= 4 is 17.6 Å². The van der Waals surface area contributed by atoms with E-state index in [2.05, 4.69) is 10.3 Å². The quantitative estimate of drug-likeness (QED) is 0.631. The van der Waals surface area contributed by atoms with Crippen molar-refractivity contribution in [2.24, 2.45) is 10.7 Å². The van der Waals surface area contributed by atoms with E-state index in [1.807, 2.05) is 74.2 Å². The normalized spacial score (nSPS) is 20.1. The minimum absolute atomic E-state index is 0.0394. The number of nitrogens with zero attached hydrogens (tertiary/aromatic N) is 2. The second-order valence-electron chi connectivity index (χ2n) is 7.36. The fourth-order valence-electron chi connectivity index (χ4n) is 3.28. The van der Waals surface area contributed by atoms with Crippen LogP contribution in [-0.2, 0) is 11.3 Å². The van der Waals surface area contributed by atoms with Crippen LogP contribution in [0.3, 0.4) is 0 Å². The number of hydrogen-bond donors (Lipinski definition) is 2. The van der Waals surface area contributed by atoms with Crippen molar-refractivity contribution in [1.29, 1.82) is 0 Å². The molecule has 6 nitrogen and oxygen atoms in total. The maximum Gasteiger partial charge on any atom is 0.254 e. The molecule has 2 aromatic rings. The Balaban J connectivity index is 1.57. The highest BCUT2D eigenvalue weighted by Gasteiger charge is 2.26. The number of nitrogens with two attached hydrogens (primary N) is 1. The lowest BCUT2D eigenvalue weighted by Gasteiger charge is -2.35. The van der Waals surface area contributed by atoms with Crippen LogP contribution in [-0.4, -0.2) is 42.1 Å². The van der Waals surface area contributed by atoms with Crippen LogP contribution >= 0.6 is 0 Å². The van der Waals surface area contributed by atoms with Gasteiger partial charge in [0.15, 0.2) is 5.96 Å². The molecule has 0 aliphatic carbocycles. The number of morpholine rings is 1. The Morgan fingerprint density at radius 2 is 1.71 bits per heavy atom. The molecule has 6 heteroatoms. The zero-order valence-corrected chi connectivity index (χ0v) is 16.7. The molecule has 1 fully saturated rings. The van der Waals surface area contributed by atoms with Gasteiger partial charge in [-0.1, -0.05) is 29.8 Å². The Bertz CT molecular complexity index is 821. The summed E-state index contributed by atoms with van der Waals surface area (Å²) in [6.45, 7) is 7.71. The van der Waals surface area contributed by atoms with Gasteiger partial charge in [0, 0.05) is 24.3 Å². The van der Waals surface area contributed by atoms with Gasteiger partial charge in [-0.25, -0.2) is 4.99 Å². The van der Waals surface area contributed by atoms with Gasteiger partial charge in [-0.3, -0.25) is 4.79 Å². The monoisotopic (exact) mass is 380 g/mol. The van der Waals surface area contributed by atoms with Gasteiger partial charge in [0.25, 0.3) is 5.91 Å². The number of rotatable bonds is 4. The number of amides is 1. The van der Waals surface area contributed by atoms with Crippen molar-refractivity contribution < 1.29 is 9.53 Å². The Morgan fingerprint density at radius 1 is 1.11 bits per heavy atom. The number of anilines is 1. The fraction of sp³-hybridized carbons (Fsp3) is 0.364. The molecule has 0 radical (unpaired) electrons. The molecule has 0 spiro atoms. The van der Waals surface area contributed by atoms with Gasteiger partial charge in [-0.05, 0) is 50.6 Å². The molecule has 148 valence electrons. The maximum absolute atomic E-state index is 12.7. The number of benzene rings is 2. The smallest absolute Gasteiger partial charge is 0.254 e. The molecule has 2 atom stereocenters. The highest BCUT2D eigenvalue weighted by Crippen LogP contribution is 2.15. The minimum atomic E-state index is 0.0394. The van der Waals surface area contributed by atoms with Crippen LogP contribution in [0.2, 0.25) is 0 Å². The topological polar surface area (TPSA) is 79.9 Å². The summed E-state index contributed by atoms with van der Waals surface area (Å²) in [7, 11) is 0. The summed E-state index contributed by atoms with van der Waals surface area (Å²) < 4.78 is 5.70. The summed E-state index contributed by atoms with van der Waals surface area (Å²) in [6, 6.07) is 15.5. The van der Waals surface area contributed by atoms with E-state index in [4.69, 9.17) is 10.5 Å². The van der Waals surface area contributed by atoms with Crippen LogP contribution in [0.1, 0.15) is 35.3 Å². The third-order valence-corrected chi connectivity index (χ3v) is 4.66. The molecule has 0 saturated carbocycles. The number of carbonyl (C=O) groups excluding carboxylic acids is 1. The molecule has 1 heterocycles. The van der Waals surface area contributed by atoms with Crippen molar-refractivity contribution in [1.82, 2.24) is 4.90 Å².